The fourth-order valence-corrected chi connectivity index (χ4v) is 10.0. The van der Waals surface area contributed by atoms with E-state index in [1.807, 2.05) is 0 Å². The van der Waals surface area contributed by atoms with E-state index >= 15 is 0 Å². The number of non-ortho nitro benzene ring substituents is 1. The fourth-order valence-electron chi connectivity index (χ4n) is 6.47. The van der Waals surface area contributed by atoms with Crippen LogP contribution in [-0.2, 0) is 90.8 Å². The lowest BCUT2D eigenvalue weighted by atomic mass is 10.0. The Morgan fingerprint density at radius 3 is 1.78 bits per heavy atom. The zero-order chi connectivity index (χ0) is 54.7. The standard InChI is InChI=1S/C38H33N9O22S5/c1-66-72(60,61)26-8-5-24(6-9-26)46-38(51)34(29(45-46)16-69-19-48)43-39-23-4-10-27(21(13-23)17-70(54,55)56)40-44-35-31(74(64,65)68-3)14-20-12-22(18-71(57,58)59)33(36(49)32(20)37(35)50)42-41-28-11-7-25(47(52)53)15-30(28)73(62,63)67-2/h4-15,19,49-51H,16-18H2,1-3H3,(H,54,55,56)(H,57,58,59). The van der Waals surface area contributed by atoms with Crippen LogP contribution in [-0.4, -0.2) is 109 Å². The molecule has 1 heterocycles. The van der Waals surface area contributed by atoms with Gasteiger partial charge in [0.05, 0.1) is 53.6 Å². The molecule has 1 aromatic heterocycles. The molecule has 0 aliphatic rings. The van der Waals surface area contributed by atoms with Gasteiger partial charge < -0.3 is 20.1 Å². The number of nitro benzene ring substituents is 1. The van der Waals surface area contributed by atoms with Gasteiger partial charge in [0.15, 0.2) is 17.2 Å². The Morgan fingerprint density at radius 2 is 1.19 bits per heavy atom. The van der Waals surface area contributed by atoms with Gasteiger partial charge in [-0.15, -0.1) is 20.5 Å². The molecule has 6 aromatic rings. The summed E-state index contributed by atoms with van der Waals surface area (Å²) in [6.45, 7) is -0.524. The van der Waals surface area contributed by atoms with Gasteiger partial charge >= 0.3 is 0 Å². The van der Waals surface area contributed by atoms with E-state index in [0.717, 1.165) is 60.3 Å². The van der Waals surface area contributed by atoms with Gasteiger partial charge in [-0.25, -0.2) is 0 Å². The number of rotatable bonds is 21. The Labute approximate surface area is 416 Å². The molecule has 0 aliphatic heterocycles. The lowest BCUT2D eigenvalue weighted by Crippen LogP contribution is -2.05. The number of nitro groups is 1. The number of fused-ring (bicyclic) bond motifs is 1. The molecule has 0 spiro atoms. The van der Waals surface area contributed by atoms with Crippen LogP contribution in [0, 0.1) is 10.1 Å². The van der Waals surface area contributed by atoms with E-state index in [1.54, 1.807) is 0 Å². The van der Waals surface area contributed by atoms with Crippen LogP contribution < -0.4 is 0 Å². The van der Waals surface area contributed by atoms with Crippen LogP contribution in [0.5, 0.6) is 17.4 Å². The molecule has 5 N–H and O–H groups in total. The summed E-state index contributed by atoms with van der Waals surface area (Å²) in [4.78, 5) is 19.3. The van der Waals surface area contributed by atoms with Crippen molar-refractivity contribution < 1.29 is 93.5 Å². The number of phenolic OH excluding ortho intramolecular Hbond substituents is 2. The Balaban J connectivity index is 1.49. The summed E-state index contributed by atoms with van der Waals surface area (Å²) in [7, 11) is -21.5. The number of phenols is 2. The quantitative estimate of drug-likeness (QED) is 0.0143. The van der Waals surface area contributed by atoms with Crippen LogP contribution in [0.1, 0.15) is 16.8 Å². The number of aromatic nitrogens is 2. The van der Waals surface area contributed by atoms with Crippen LogP contribution in [0.15, 0.2) is 118 Å². The zero-order valence-corrected chi connectivity index (χ0v) is 41.5. The number of aromatic hydroxyl groups is 3. The summed E-state index contributed by atoms with van der Waals surface area (Å²) >= 11 is 0. The van der Waals surface area contributed by atoms with Crippen molar-refractivity contribution in [2.45, 2.75) is 32.8 Å². The molecule has 36 heteroatoms. The molecule has 31 nitrogen and oxygen atoms in total. The fraction of sp³-hybridized carbons (Fsp3) is 0.158. The Morgan fingerprint density at radius 1 is 0.635 bits per heavy atom. The van der Waals surface area contributed by atoms with Gasteiger partial charge in [-0.3, -0.25) is 36.6 Å². The second kappa shape index (κ2) is 21.3. The SMILES string of the molecule is COS(=O)(=O)c1ccc(-n2nc(COC=O)c(N=Nc3ccc(N=Nc4c(S(=O)(=O)OC)cc5cc(CS(=O)(=O)O)c(N=Nc6ccc([N+](=O)[O-])cc6S(=O)(=O)OC)c(O)c5c4O)c(CS(=O)(=O)O)c3)c2O)cc1. The highest BCUT2D eigenvalue weighted by molar-refractivity contribution is 7.87. The summed E-state index contributed by atoms with van der Waals surface area (Å²) in [6, 6.07) is 11.5. The monoisotopic (exact) mass is 1130 g/mol. The topological polar surface area (TPSA) is 461 Å². The summed E-state index contributed by atoms with van der Waals surface area (Å²) in [5.74, 6) is -5.81. The Hall–Kier alpha value is -7.81. The first kappa shape index (κ1) is 55.5. The molecule has 5 aromatic carbocycles. The van der Waals surface area contributed by atoms with Gasteiger partial charge in [-0.1, -0.05) is 0 Å². The van der Waals surface area contributed by atoms with E-state index in [-0.39, 0.29) is 28.4 Å². The third-order valence-electron chi connectivity index (χ3n) is 9.80. The van der Waals surface area contributed by atoms with Gasteiger partial charge in [0.25, 0.3) is 62.8 Å². The van der Waals surface area contributed by atoms with Gasteiger partial charge in [0, 0.05) is 17.7 Å². The largest absolute Gasteiger partial charge is 0.505 e. The molecule has 0 radical (unpaired) electrons. The molecule has 0 bridgehead atoms. The summed E-state index contributed by atoms with van der Waals surface area (Å²) in [5, 5.41) is 71.7. The predicted octanol–water partition coefficient (Wildman–Crippen LogP) is 5.75. The molecule has 6 rings (SSSR count). The van der Waals surface area contributed by atoms with Crippen molar-refractivity contribution in [3.05, 3.63) is 99.7 Å². The molecule has 0 amide bonds. The number of hydrogen-bond donors (Lipinski definition) is 5. The first-order valence-electron chi connectivity index (χ1n) is 19.5. The number of nitrogens with zero attached hydrogens (tertiary/aromatic N) is 9. The van der Waals surface area contributed by atoms with E-state index in [9.17, 15) is 81.4 Å². The van der Waals surface area contributed by atoms with Crippen molar-refractivity contribution in [2.24, 2.45) is 30.7 Å². The minimum Gasteiger partial charge on any atom is -0.505 e. The van der Waals surface area contributed by atoms with Crippen LogP contribution in [0.25, 0.3) is 16.5 Å². The van der Waals surface area contributed by atoms with E-state index in [2.05, 4.69) is 48.3 Å². The van der Waals surface area contributed by atoms with Crippen molar-refractivity contribution >= 4 is 108 Å². The van der Waals surface area contributed by atoms with Crippen molar-refractivity contribution in [2.75, 3.05) is 21.3 Å². The van der Waals surface area contributed by atoms with Crippen molar-refractivity contribution in [3.8, 4) is 23.1 Å². The smallest absolute Gasteiger partial charge is 0.299 e. The van der Waals surface area contributed by atoms with Crippen LogP contribution >= 0.6 is 0 Å². The molecular weight excluding hydrogens is 1090 g/mol. The third kappa shape index (κ3) is 12.3. The first-order valence-corrected chi connectivity index (χ1v) is 27.0. The van der Waals surface area contributed by atoms with Gasteiger partial charge in [-0.05, 0) is 71.6 Å². The molecule has 0 saturated carbocycles. The number of ether oxygens (including phenoxy) is 1. The van der Waals surface area contributed by atoms with Crippen LogP contribution in [0.2, 0.25) is 0 Å². The molecule has 0 fully saturated rings. The Kier molecular flexibility index (Phi) is 16.0. The minimum atomic E-state index is -5.05. The van der Waals surface area contributed by atoms with Crippen molar-refractivity contribution in [1.29, 1.82) is 0 Å². The number of hydrogen-bond acceptors (Lipinski definition) is 27. The average molecular weight is 1130 g/mol. The summed E-state index contributed by atoms with van der Waals surface area (Å²) in [5.41, 5.74) is -5.67. The number of carbonyl (C=O) groups is 1. The van der Waals surface area contributed by atoms with Gasteiger partial charge in [0.1, 0.15) is 50.7 Å². The maximum atomic E-state index is 13.3. The van der Waals surface area contributed by atoms with Crippen molar-refractivity contribution in [1.82, 2.24) is 9.78 Å². The average Bonchev–Trinajstić information content (AvgIpc) is 3.65. The molecule has 0 unspecified atom stereocenters. The van der Waals surface area contributed by atoms with E-state index in [4.69, 9.17) is 4.74 Å². The second-order valence-electron chi connectivity index (χ2n) is 14.5. The number of azo groups is 3. The molecular formula is C38H33N9O22S5. The van der Waals surface area contributed by atoms with E-state index in [0.29, 0.717) is 26.4 Å². The van der Waals surface area contributed by atoms with Crippen LogP contribution in [0.4, 0.5) is 39.8 Å². The van der Waals surface area contributed by atoms with E-state index < -0.39 is 157 Å². The highest BCUT2D eigenvalue weighted by Crippen LogP contribution is 2.50. The molecule has 74 heavy (non-hydrogen) atoms. The number of carbonyl (C=O) groups excluding carboxylic acids is 1. The van der Waals surface area contributed by atoms with Gasteiger partial charge in [-0.2, -0.15) is 62.1 Å². The first-order chi connectivity index (χ1) is 34.5. The summed E-state index contributed by atoms with van der Waals surface area (Å²) in [6.07, 6.45) is 0. The van der Waals surface area contributed by atoms with Crippen molar-refractivity contribution in [3.63, 3.8) is 0 Å². The lowest BCUT2D eigenvalue weighted by Gasteiger charge is -2.15. The van der Waals surface area contributed by atoms with Gasteiger partial charge in [0.2, 0.25) is 5.88 Å². The molecule has 0 saturated heterocycles. The maximum absolute atomic E-state index is 13.3. The summed E-state index contributed by atoms with van der Waals surface area (Å²) < 4.78 is 164. The number of benzene rings is 5. The zero-order valence-electron chi connectivity index (χ0n) is 37.4. The predicted molar refractivity (Wildman–Crippen MR) is 249 cm³/mol. The minimum absolute atomic E-state index is 0.0562. The molecule has 0 atom stereocenters. The molecule has 0 aliphatic carbocycles. The highest BCUT2D eigenvalue weighted by atomic mass is 32.2. The normalized spacial score (nSPS) is 12.9. The van der Waals surface area contributed by atoms with E-state index in [1.165, 1.54) is 12.1 Å². The molecule has 392 valence electrons. The third-order valence-corrected chi connectivity index (χ3v) is 15.0. The second-order valence-corrected chi connectivity index (χ2v) is 22.5. The van der Waals surface area contributed by atoms with Crippen LogP contribution in [0.3, 0.4) is 0 Å². The Bertz CT molecular complexity index is 3940. The highest BCUT2D eigenvalue weighted by Gasteiger charge is 2.29. The lowest BCUT2D eigenvalue weighted by molar-refractivity contribution is -0.385. The maximum Gasteiger partial charge on any atom is 0.299 e.